The van der Waals surface area contributed by atoms with E-state index in [2.05, 4.69) is 19.2 Å². The number of phenolic OH excluding ortho intramolecular Hbond substituents is 2. The van der Waals surface area contributed by atoms with Crippen LogP contribution in [0.25, 0.3) is 10.8 Å². The molecule has 0 saturated carbocycles. The van der Waals surface area contributed by atoms with Crippen molar-refractivity contribution in [1.82, 2.24) is 10.0 Å². The van der Waals surface area contributed by atoms with Crippen molar-refractivity contribution in [3.63, 3.8) is 0 Å². The van der Waals surface area contributed by atoms with Crippen molar-refractivity contribution in [2.45, 2.75) is 125 Å². The van der Waals surface area contributed by atoms with Gasteiger partial charge in [-0.15, -0.1) is 0 Å². The lowest BCUT2D eigenvalue weighted by atomic mass is 9.78. The summed E-state index contributed by atoms with van der Waals surface area (Å²) in [7, 11) is 3.10. The van der Waals surface area contributed by atoms with Gasteiger partial charge in [-0.1, -0.05) is 72.6 Å². The fraction of sp³-hybridized carbons (Fsp3) is 0.583. The van der Waals surface area contributed by atoms with Crippen molar-refractivity contribution in [2.24, 2.45) is 23.7 Å². The van der Waals surface area contributed by atoms with Gasteiger partial charge in [0, 0.05) is 87.4 Å². The number of aliphatic hydroxyl groups excluding tert-OH is 2. The molecule has 0 radical (unpaired) electrons. The Bertz CT molecular complexity index is 2110. The lowest BCUT2D eigenvalue weighted by Gasteiger charge is -2.38. The molecule has 2 aromatic rings. The molecule has 2 amide bonds. The molecule has 16 heteroatoms. The van der Waals surface area contributed by atoms with Gasteiger partial charge < -0.3 is 49.4 Å². The van der Waals surface area contributed by atoms with Crippen molar-refractivity contribution in [1.29, 1.82) is 0 Å². The number of carbonyl (C=O) groups excluding carboxylic acids is 4. The number of anilines is 1. The molecular weight excluding hydrogens is 827 g/mol. The van der Waals surface area contributed by atoms with Crippen LogP contribution >= 0.6 is 0 Å². The number of Topliss-reactive ketones (excluding diaryl/α,β-unsaturated/α-hetero) is 1. The number of allylic oxidation sites excluding steroid dienone is 2. The molecular formula is C48H69N3O13. The molecule has 64 heavy (non-hydrogen) atoms. The van der Waals surface area contributed by atoms with Crippen LogP contribution in [0.4, 0.5) is 5.69 Å². The third-order valence-corrected chi connectivity index (χ3v) is 12.5. The number of phenols is 2. The topological polar surface area (TPSA) is 214 Å². The molecule has 3 heterocycles. The number of likely N-dealkylation sites (N-methyl/N-ethyl adjacent to an activating group) is 1. The van der Waals surface area contributed by atoms with Gasteiger partial charge in [0.15, 0.2) is 12.4 Å². The third-order valence-electron chi connectivity index (χ3n) is 12.5. The van der Waals surface area contributed by atoms with Crippen LogP contribution in [0.15, 0.2) is 42.2 Å². The fourth-order valence-electron chi connectivity index (χ4n) is 8.23. The summed E-state index contributed by atoms with van der Waals surface area (Å²) in [5.41, 5.74) is -0.0137. The first-order valence-corrected chi connectivity index (χ1v) is 22.2. The number of fused-ring (bicyclic) bond motifs is 14. The van der Waals surface area contributed by atoms with Gasteiger partial charge in [-0.3, -0.25) is 24.2 Å². The second-order valence-electron chi connectivity index (χ2n) is 17.3. The highest BCUT2D eigenvalue weighted by atomic mass is 16.7. The van der Waals surface area contributed by atoms with E-state index in [1.165, 1.54) is 64.3 Å². The summed E-state index contributed by atoms with van der Waals surface area (Å²) >= 11 is 0. The van der Waals surface area contributed by atoms with E-state index in [1.807, 2.05) is 5.01 Å². The number of ether oxygens (including phenoxy) is 5. The molecule has 9 atom stereocenters. The van der Waals surface area contributed by atoms with E-state index in [9.17, 15) is 39.6 Å². The minimum Gasteiger partial charge on any atom is -0.507 e. The second-order valence-corrected chi connectivity index (χ2v) is 17.3. The number of methoxy groups -OCH3 is 1. The molecule has 0 fully saturated rings. The van der Waals surface area contributed by atoms with Crippen LogP contribution in [0.1, 0.15) is 104 Å². The zero-order valence-corrected chi connectivity index (χ0v) is 39.4. The average molecular weight is 896 g/mol. The minimum absolute atomic E-state index is 0.0586. The van der Waals surface area contributed by atoms with Crippen LogP contribution in [0.3, 0.4) is 0 Å². The summed E-state index contributed by atoms with van der Waals surface area (Å²) in [6.07, 6.45) is 7.20. The van der Waals surface area contributed by atoms with Crippen molar-refractivity contribution in [2.75, 3.05) is 39.2 Å². The summed E-state index contributed by atoms with van der Waals surface area (Å²) in [6, 6.07) is 1.28. The van der Waals surface area contributed by atoms with E-state index in [0.717, 1.165) is 25.7 Å². The van der Waals surface area contributed by atoms with Crippen LogP contribution < -0.4 is 14.8 Å². The predicted molar refractivity (Wildman–Crippen MR) is 242 cm³/mol. The Morgan fingerprint density at radius 1 is 0.922 bits per heavy atom. The van der Waals surface area contributed by atoms with Gasteiger partial charge in [0.1, 0.15) is 23.4 Å². The van der Waals surface area contributed by atoms with Crippen LogP contribution in [0.5, 0.6) is 23.0 Å². The Morgan fingerprint density at radius 2 is 1.56 bits per heavy atom. The lowest BCUT2D eigenvalue weighted by molar-refractivity contribution is -0.160. The highest BCUT2D eigenvalue weighted by Crippen LogP contribution is 2.54. The maximum atomic E-state index is 14.6. The number of esters is 1. The highest BCUT2D eigenvalue weighted by Gasteiger charge is 2.50. The number of amides is 2. The molecule has 0 saturated heterocycles. The van der Waals surface area contributed by atoms with E-state index in [0.29, 0.717) is 13.1 Å². The number of unbranched alkanes of at least 4 members (excludes halogenated alkanes) is 2. The standard InChI is InChI=1S/C48H69N3O13/c1-13-15-21-51(22-16-14-2)50(11)36(53)25-61-35-24-33-43(57)38-37(35)39-45(31(8)42(38)56)64-48(10,46(39)58)62-23-20-34(60-12)28(5)44(63-32(9)52)30(7)41(55)29(6)40(54)26(3)18-17-19-27(4)47(59)49-33/h17-20,23-24,26,28-30,34,40-41,44,54-57H,13-16,21-22,25H2,1-12H3,(H,49,59)/b18-17+,23-20+,27-19-. The minimum atomic E-state index is -2.04. The largest absolute Gasteiger partial charge is 0.507 e. The summed E-state index contributed by atoms with van der Waals surface area (Å²) in [5, 5.41) is 52.3. The molecule has 5 rings (SSSR count). The fourth-order valence-corrected chi connectivity index (χ4v) is 8.23. The molecule has 3 aliphatic heterocycles. The zero-order chi connectivity index (χ0) is 47.8. The maximum absolute atomic E-state index is 14.6. The second kappa shape index (κ2) is 22.2. The number of ketones is 1. The number of rotatable bonds is 12. The average Bonchev–Trinajstić information content (AvgIpc) is 3.53. The number of nitrogens with zero attached hydrogens (tertiary/aromatic N) is 2. The number of hydrazine groups is 1. The molecule has 16 nitrogen and oxygen atoms in total. The van der Waals surface area contributed by atoms with E-state index in [-0.39, 0.29) is 44.7 Å². The summed E-state index contributed by atoms with van der Waals surface area (Å²) in [5.74, 6) is -8.10. The van der Waals surface area contributed by atoms with Gasteiger partial charge in [-0.25, -0.2) is 5.01 Å². The van der Waals surface area contributed by atoms with Crippen LogP contribution in [-0.4, -0.2) is 118 Å². The molecule has 0 aliphatic carbocycles. The quantitative estimate of drug-likeness (QED) is 0.0852. The van der Waals surface area contributed by atoms with E-state index >= 15 is 0 Å². The Hall–Kier alpha value is -5.16. The zero-order valence-electron chi connectivity index (χ0n) is 39.4. The molecule has 9 unspecified atom stereocenters. The summed E-state index contributed by atoms with van der Waals surface area (Å²) in [4.78, 5) is 54.5. The summed E-state index contributed by atoms with van der Waals surface area (Å²) < 4.78 is 30.0. The predicted octanol–water partition coefficient (Wildman–Crippen LogP) is 6.70. The molecule has 3 aliphatic rings. The Labute approximate surface area is 376 Å². The smallest absolute Gasteiger partial charge is 0.312 e. The molecule has 2 aromatic carbocycles. The first-order chi connectivity index (χ1) is 30.1. The number of hydrogen-bond donors (Lipinski definition) is 5. The molecule has 0 aromatic heterocycles. The van der Waals surface area contributed by atoms with E-state index in [4.69, 9.17) is 23.7 Å². The van der Waals surface area contributed by atoms with Gasteiger partial charge in [0.05, 0.1) is 41.2 Å². The van der Waals surface area contributed by atoms with Crippen molar-refractivity contribution in [3.05, 3.63) is 53.3 Å². The number of aromatic hydroxyl groups is 2. The Morgan fingerprint density at radius 3 is 2.16 bits per heavy atom. The SMILES string of the molecule is CCCCN(CCCC)N(C)C(=O)COc1cc2c(O)c3c(O)c(C)c4c(c13)C(=O)C(C)(O/C=C/C(OC)C(C)C(OC(C)=O)C(C)C(O)C(C)C(O)C(C)/C=C/C=C(/C)C(=O)N2)O4. The van der Waals surface area contributed by atoms with Gasteiger partial charge in [-0.05, 0) is 32.8 Å². The van der Waals surface area contributed by atoms with Crippen LogP contribution in [-0.2, 0) is 28.6 Å². The highest BCUT2D eigenvalue weighted by molar-refractivity contribution is 6.21. The van der Waals surface area contributed by atoms with E-state index in [1.54, 1.807) is 46.9 Å². The summed E-state index contributed by atoms with van der Waals surface area (Å²) in [6.45, 7) is 17.5. The number of nitrogens with one attached hydrogen (secondary N) is 1. The third kappa shape index (κ3) is 11.2. The van der Waals surface area contributed by atoms with Crippen molar-refractivity contribution >= 4 is 40.0 Å². The van der Waals surface area contributed by atoms with Gasteiger partial charge in [0.2, 0.25) is 0 Å². The van der Waals surface area contributed by atoms with Gasteiger partial charge >= 0.3 is 11.8 Å². The van der Waals surface area contributed by atoms with Crippen LogP contribution in [0, 0.1) is 30.6 Å². The van der Waals surface area contributed by atoms with Crippen molar-refractivity contribution < 1.29 is 63.3 Å². The normalized spacial score (nSPS) is 28.5. The first-order valence-electron chi connectivity index (χ1n) is 22.2. The van der Waals surface area contributed by atoms with Crippen LogP contribution in [0.2, 0.25) is 0 Å². The Balaban J connectivity index is 1.91. The maximum Gasteiger partial charge on any atom is 0.312 e. The molecule has 5 bridgehead atoms. The number of hydrogen-bond acceptors (Lipinski definition) is 14. The van der Waals surface area contributed by atoms with Gasteiger partial charge in [-0.2, -0.15) is 0 Å². The molecule has 5 N–H and O–H groups in total. The first kappa shape index (κ1) is 51.5. The monoisotopic (exact) mass is 895 g/mol. The van der Waals surface area contributed by atoms with E-state index < -0.39 is 95.5 Å². The van der Waals surface area contributed by atoms with Gasteiger partial charge in [0.25, 0.3) is 17.6 Å². The number of benzene rings is 2. The number of aliphatic hydroxyl groups is 2. The molecule has 0 spiro atoms. The Kier molecular flexibility index (Phi) is 17.8. The number of carbonyl (C=O) groups is 4. The molecule has 354 valence electrons. The lowest BCUT2D eigenvalue weighted by Crippen LogP contribution is -2.46. The van der Waals surface area contributed by atoms with Crippen molar-refractivity contribution in [3.8, 4) is 23.0 Å².